The molecule has 2 aromatic carbocycles. The van der Waals surface area contributed by atoms with Gasteiger partial charge in [-0.2, -0.15) is 4.31 Å². The first-order chi connectivity index (χ1) is 15.3. The maximum Gasteiger partial charge on any atom is 0.253 e. The summed E-state index contributed by atoms with van der Waals surface area (Å²) in [6.45, 7) is 2.66. The minimum atomic E-state index is -3.60. The number of nitrogens with one attached hydrogen (secondary N) is 1. The highest BCUT2D eigenvalue weighted by Crippen LogP contribution is 2.41. The van der Waals surface area contributed by atoms with Crippen LogP contribution in [0.15, 0.2) is 41.2 Å². The van der Waals surface area contributed by atoms with E-state index in [9.17, 15) is 13.2 Å². The number of sulfonamides is 1. The molecular weight excluding hydrogens is 432 g/mol. The maximum atomic E-state index is 13.1. The molecule has 8 nitrogen and oxygen atoms in total. The third-order valence-electron chi connectivity index (χ3n) is 5.71. The number of nitrogens with zero attached hydrogens (tertiary/aromatic N) is 1. The third kappa shape index (κ3) is 3.93. The average Bonchev–Trinajstić information content (AvgIpc) is 2.76. The van der Waals surface area contributed by atoms with Crippen molar-refractivity contribution in [1.29, 1.82) is 0 Å². The lowest BCUT2D eigenvalue weighted by molar-refractivity contribution is 0.332. The van der Waals surface area contributed by atoms with Gasteiger partial charge in [-0.25, -0.2) is 8.42 Å². The van der Waals surface area contributed by atoms with Crippen LogP contribution < -0.4 is 19.8 Å². The van der Waals surface area contributed by atoms with E-state index < -0.39 is 16.1 Å². The Morgan fingerprint density at radius 2 is 1.78 bits per heavy atom. The molecular formula is C23H26N2O6S. The van der Waals surface area contributed by atoms with Crippen molar-refractivity contribution in [2.45, 2.75) is 19.4 Å². The Kier molecular flexibility index (Phi) is 5.87. The molecule has 1 N–H and O–H groups in total. The minimum absolute atomic E-state index is 0.252. The van der Waals surface area contributed by atoms with E-state index in [2.05, 4.69) is 4.98 Å². The van der Waals surface area contributed by atoms with Crippen molar-refractivity contribution in [2.24, 2.45) is 0 Å². The Bertz CT molecular complexity index is 1330. The number of benzene rings is 2. The summed E-state index contributed by atoms with van der Waals surface area (Å²) in [6.07, 6.45) is 1.66. The van der Waals surface area contributed by atoms with Crippen LogP contribution in [0.3, 0.4) is 0 Å². The van der Waals surface area contributed by atoms with Crippen LogP contribution in [0.2, 0.25) is 0 Å². The van der Waals surface area contributed by atoms with Crippen molar-refractivity contribution in [3.05, 3.63) is 63.4 Å². The Hall–Kier alpha value is -3.04. The van der Waals surface area contributed by atoms with Gasteiger partial charge in [0, 0.05) is 23.0 Å². The van der Waals surface area contributed by atoms with Gasteiger partial charge in [0.25, 0.3) is 5.56 Å². The number of pyridine rings is 1. The lowest BCUT2D eigenvalue weighted by atomic mass is 9.89. The fourth-order valence-corrected chi connectivity index (χ4v) is 5.30. The van der Waals surface area contributed by atoms with Crippen LogP contribution >= 0.6 is 0 Å². The molecule has 1 aliphatic rings. The van der Waals surface area contributed by atoms with Gasteiger partial charge in [0.1, 0.15) is 5.75 Å². The van der Waals surface area contributed by atoms with Crippen LogP contribution in [0.5, 0.6) is 17.2 Å². The van der Waals surface area contributed by atoms with Crippen LogP contribution in [-0.4, -0.2) is 51.3 Å². The van der Waals surface area contributed by atoms with Crippen LogP contribution in [0.25, 0.3) is 10.9 Å². The van der Waals surface area contributed by atoms with Gasteiger partial charge in [-0.1, -0.05) is 0 Å². The molecule has 1 aromatic heterocycles. The van der Waals surface area contributed by atoms with Gasteiger partial charge >= 0.3 is 0 Å². The number of hydrogen-bond donors (Lipinski definition) is 1. The Morgan fingerprint density at radius 3 is 2.44 bits per heavy atom. The number of ether oxygens (including phenoxy) is 3. The number of hydrogen-bond acceptors (Lipinski definition) is 6. The second-order valence-electron chi connectivity index (χ2n) is 7.67. The highest BCUT2D eigenvalue weighted by atomic mass is 32.2. The zero-order valence-corrected chi connectivity index (χ0v) is 19.3. The highest BCUT2D eigenvalue weighted by molar-refractivity contribution is 7.88. The fourth-order valence-electron chi connectivity index (χ4n) is 4.26. The van der Waals surface area contributed by atoms with Crippen LogP contribution in [-0.2, 0) is 16.4 Å². The van der Waals surface area contributed by atoms with Crippen molar-refractivity contribution in [2.75, 3.05) is 33.6 Å². The molecule has 9 heteroatoms. The first-order valence-electron chi connectivity index (χ1n) is 10.3. The zero-order valence-electron chi connectivity index (χ0n) is 18.5. The Balaban J connectivity index is 1.97. The first-order valence-corrected chi connectivity index (χ1v) is 12.1. The van der Waals surface area contributed by atoms with Gasteiger partial charge in [0.15, 0.2) is 11.5 Å². The van der Waals surface area contributed by atoms with Gasteiger partial charge in [0.2, 0.25) is 10.0 Å². The van der Waals surface area contributed by atoms with Gasteiger partial charge in [-0.05, 0) is 60.9 Å². The molecule has 0 radical (unpaired) electrons. The molecule has 2 heterocycles. The number of H-pyrrole nitrogens is 1. The number of fused-ring (bicyclic) bond motifs is 2. The lowest BCUT2D eigenvalue weighted by Gasteiger charge is -2.36. The molecule has 3 aromatic rings. The van der Waals surface area contributed by atoms with Crippen molar-refractivity contribution in [3.63, 3.8) is 0 Å². The zero-order chi connectivity index (χ0) is 23.0. The van der Waals surface area contributed by atoms with Crippen LogP contribution in [0, 0.1) is 0 Å². The molecule has 1 aliphatic heterocycles. The molecule has 0 bridgehead atoms. The summed E-state index contributed by atoms with van der Waals surface area (Å²) in [7, 11) is -0.529. The van der Waals surface area contributed by atoms with Gasteiger partial charge < -0.3 is 19.2 Å². The second-order valence-corrected chi connectivity index (χ2v) is 9.60. The predicted octanol–water partition coefficient (Wildman–Crippen LogP) is 2.85. The molecule has 0 aliphatic carbocycles. The highest BCUT2D eigenvalue weighted by Gasteiger charge is 2.37. The minimum Gasteiger partial charge on any atom is -0.494 e. The smallest absolute Gasteiger partial charge is 0.253 e. The van der Waals surface area contributed by atoms with E-state index in [0.717, 1.165) is 17.2 Å². The summed E-state index contributed by atoms with van der Waals surface area (Å²) in [4.78, 5) is 16.0. The summed E-state index contributed by atoms with van der Waals surface area (Å²) < 4.78 is 43.2. The van der Waals surface area contributed by atoms with Crippen molar-refractivity contribution < 1.29 is 22.6 Å². The van der Waals surface area contributed by atoms with E-state index in [0.29, 0.717) is 46.9 Å². The molecule has 0 saturated heterocycles. The van der Waals surface area contributed by atoms with Crippen molar-refractivity contribution >= 4 is 20.9 Å². The monoisotopic (exact) mass is 458 g/mol. The molecule has 1 atom stereocenters. The summed E-state index contributed by atoms with van der Waals surface area (Å²) in [5.74, 6) is 1.71. The Labute approximate surface area is 186 Å². The van der Waals surface area contributed by atoms with Gasteiger partial charge in [-0.15, -0.1) is 0 Å². The fraction of sp³-hybridized carbons (Fsp3) is 0.348. The number of rotatable bonds is 6. The number of aromatic amines is 1. The summed E-state index contributed by atoms with van der Waals surface area (Å²) >= 11 is 0. The quantitative estimate of drug-likeness (QED) is 0.610. The molecule has 1 unspecified atom stereocenters. The summed E-state index contributed by atoms with van der Waals surface area (Å²) in [5, 5.41) is 0.756. The van der Waals surface area contributed by atoms with E-state index in [1.165, 1.54) is 11.4 Å². The second kappa shape index (κ2) is 8.48. The van der Waals surface area contributed by atoms with E-state index >= 15 is 0 Å². The van der Waals surface area contributed by atoms with E-state index in [-0.39, 0.29) is 12.1 Å². The molecule has 0 fully saturated rings. The normalized spacial score (nSPS) is 16.6. The number of aromatic nitrogens is 1. The van der Waals surface area contributed by atoms with E-state index in [1.807, 2.05) is 19.1 Å². The van der Waals surface area contributed by atoms with Gasteiger partial charge in [0.05, 0.1) is 33.1 Å². The largest absolute Gasteiger partial charge is 0.494 e. The van der Waals surface area contributed by atoms with E-state index in [1.54, 1.807) is 31.4 Å². The molecule has 32 heavy (non-hydrogen) atoms. The van der Waals surface area contributed by atoms with Crippen LogP contribution in [0.4, 0.5) is 0 Å². The van der Waals surface area contributed by atoms with Crippen molar-refractivity contribution in [1.82, 2.24) is 9.29 Å². The molecule has 0 amide bonds. The maximum absolute atomic E-state index is 13.1. The van der Waals surface area contributed by atoms with Gasteiger partial charge in [-0.3, -0.25) is 4.79 Å². The SMILES string of the molecule is CCOc1ccc2[nH]c(=O)c(C3c4cc(OC)c(OC)cc4CCN3S(C)(=O)=O)cc2c1. The molecule has 0 spiro atoms. The Morgan fingerprint density at radius 1 is 1.06 bits per heavy atom. The number of methoxy groups -OCH3 is 2. The first kappa shape index (κ1) is 22.2. The molecule has 4 rings (SSSR count). The summed E-state index contributed by atoms with van der Waals surface area (Å²) in [6, 6.07) is 9.96. The molecule has 170 valence electrons. The topological polar surface area (TPSA) is 97.9 Å². The average molecular weight is 459 g/mol. The predicted molar refractivity (Wildman–Crippen MR) is 122 cm³/mol. The molecule has 0 saturated carbocycles. The summed E-state index contributed by atoms with van der Waals surface area (Å²) in [5.41, 5.74) is 2.25. The lowest BCUT2D eigenvalue weighted by Crippen LogP contribution is -2.42. The third-order valence-corrected chi connectivity index (χ3v) is 6.95. The van der Waals surface area contributed by atoms with E-state index in [4.69, 9.17) is 14.2 Å². The standard InChI is InChI=1S/C23H26N2O6S/c1-5-31-16-6-7-19-15(10-16)11-18(23(26)24-19)22-17-13-21(30-3)20(29-2)12-14(17)8-9-25(22)32(4,27)28/h6-7,10-13,22H,5,8-9H2,1-4H3,(H,24,26). The van der Waals surface area contributed by atoms with Crippen molar-refractivity contribution in [3.8, 4) is 17.2 Å². The van der Waals surface area contributed by atoms with Crippen LogP contribution in [0.1, 0.15) is 29.7 Å².